The smallest absolute Gasteiger partial charge is 0.251 e. The second-order valence-corrected chi connectivity index (χ2v) is 7.36. The number of benzene rings is 2. The summed E-state index contributed by atoms with van der Waals surface area (Å²) < 4.78 is 13.5. The summed E-state index contributed by atoms with van der Waals surface area (Å²) in [5.41, 5.74) is 0.698. The van der Waals surface area contributed by atoms with Crippen molar-refractivity contribution in [1.29, 1.82) is 5.26 Å². The van der Waals surface area contributed by atoms with Gasteiger partial charge in [0.05, 0.1) is 29.6 Å². The third-order valence-corrected chi connectivity index (χ3v) is 5.82. The van der Waals surface area contributed by atoms with Crippen molar-refractivity contribution in [3.63, 3.8) is 0 Å². The van der Waals surface area contributed by atoms with Gasteiger partial charge in [0, 0.05) is 13.1 Å². The van der Waals surface area contributed by atoms with Crippen LogP contribution < -0.4 is 4.90 Å². The molecule has 0 aliphatic carbocycles. The first kappa shape index (κ1) is 18.3. The average molecular weight is 377 g/mol. The first-order valence-corrected chi connectivity index (χ1v) is 9.37. The van der Waals surface area contributed by atoms with Crippen molar-refractivity contribution in [2.45, 2.75) is 30.7 Å². The molecule has 4 rings (SSSR count). The van der Waals surface area contributed by atoms with Crippen LogP contribution in [0.15, 0.2) is 54.6 Å². The molecule has 0 radical (unpaired) electrons. The molecule has 0 spiro atoms. The minimum atomic E-state index is -0.564. The van der Waals surface area contributed by atoms with E-state index in [1.807, 2.05) is 35.2 Å². The Morgan fingerprint density at radius 2 is 1.75 bits per heavy atom. The number of piperidine rings is 1. The zero-order valence-corrected chi connectivity index (χ0v) is 15.3. The van der Waals surface area contributed by atoms with Gasteiger partial charge in [0.2, 0.25) is 5.91 Å². The monoisotopic (exact) mass is 377 g/mol. The molecule has 6 heteroatoms. The standard InChI is InChI=1S/C22H20FN3O2/c23-17-7-4-8-18(13-17)26-20(27)14-19(21(26)28)25-11-9-22(15-24,10-12-25)16-5-2-1-3-6-16/h1-8,13,19H,9-12,14H2/t19-/m1/s1. The van der Waals surface area contributed by atoms with Gasteiger partial charge < -0.3 is 0 Å². The van der Waals surface area contributed by atoms with Crippen LogP contribution in [-0.2, 0) is 15.0 Å². The Hall–Kier alpha value is -3.04. The molecule has 28 heavy (non-hydrogen) atoms. The van der Waals surface area contributed by atoms with E-state index in [9.17, 15) is 19.2 Å². The largest absolute Gasteiger partial charge is 0.291 e. The van der Waals surface area contributed by atoms with Crippen LogP contribution in [0.2, 0.25) is 0 Å². The molecule has 142 valence electrons. The molecule has 0 saturated carbocycles. The van der Waals surface area contributed by atoms with E-state index in [1.165, 1.54) is 18.2 Å². The zero-order chi connectivity index (χ0) is 19.7. The topological polar surface area (TPSA) is 64.4 Å². The molecule has 2 saturated heterocycles. The number of hydrogen-bond donors (Lipinski definition) is 0. The van der Waals surface area contributed by atoms with Crippen LogP contribution in [0.4, 0.5) is 10.1 Å². The summed E-state index contributed by atoms with van der Waals surface area (Å²) in [5, 5.41) is 9.82. The van der Waals surface area contributed by atoms with E-state index in [0.29, 0.717) is 25.9 Å². The molecule has 2 heterocycles. The van der Waals surface area contributed by atoms with Gasteiger partial charge in [0.25, 0.3) is 5.91 Å². The molecule has 5 nitrogen and oxygen atoms in total. The lowest BCUT2D eigenvalue weighted by atomic mass is 9.74. The Balaban J connectivity index is 1.50. The summed E-state index contributed by atoms with van der Waals surface area (Å²) in [6.07, 6.45) is 1.29. The fourth-order valence-electron chi connectivity index (χ4n) is 4.23. The second kappa shape index (κ2) is 7.17. The van der Waals surface area contributed by atoms with Crippen molar-refractivity contribution >= 4 is 17.5 Å². The first-order valence-electron chi connectivity index (χ1n) is 9.37. The van der Waals surface area contributed by atoms with Crippen molar-refractivity contribution in [1.82, 2.24) is 4.90 Å². The number of hydrogen-bond acceptors (Lipinski definition) is 4. The Bertz CT molecular complexity index is 946. The van der Waals surface area contributed by atoms with Gasteiger partial charge in [-0.2, -0.15) is 5.26 Å². The van der Waals surface area contributed by atoms with Crippen molar-refractivity contribution in [2.75, 3.05) is 18.0 Å². The van der Waals surface area contributed by atoms with Crippen LogP contribution in [0.1, 0.15) is 24.8 Å². The number of amides is 2. The van der Waals surface area contributed by atoms with Crippen molar-refractivity contribution in [3.8, 4) is 6.07 Å². The quantitative estimate of drug-likeness (QED) is 0.772. The fraction of sp³-hybridized carbons (Fsp3) is 0.318. The highest BCUT2D eigenvalue weighted by Crippen LogP contribution is 2.37. The molecular formula is C22H20FN3O2. The number of halogens is 1. The summed E-state index contributed by atoms with van der Waals surface area (Å²) in [7, 11) is 0. The third-order valence-electron chi connectivity index (χ3n) is 5.82. The van der Waals surface area contributed by atoms with Gasteiger partial charge in [-0.1, -0.05) is 36.4 Å². The Morgan fingerprint density at radius 1 is 1.04 bits per heavy atom. The Kier molecular flexibility index (Phi) is 4.70. The lowest BCUT2D eigenvalue weighted by Crippen LogP contribution is -2.49. The van der Waals surface area contributed by atoms with Crippen molar-refractivity contribution < 1.29 is 14.0 Å². The van der Waals surface area contributed by atoms with Crippen LogP contribution in [0.5, 0.6) is 0 Å². The van der Waals surface area contributed by atoms with Gasteiger partial charge >= 0.3 is 0 Å². The summed E-state index contributed by atoms with van der Waals surface area (Å²) in [5.74, 6) is -1.12. The highest BCUT2D eigenvalue weighted by molar-refractivity contribution is 6.22. The van der Waals surface area contributed by atoms with Gasteiger partial charge in [-0.15, -0.1) is 0 Å². The molecule has 2 fully saturated rings. The molecule has 1 atom stereocenters. The van der Waals surface area contributed by atoms with Crippen LogP contribution in [0.3, 0.4) is 0 Å². The van der Waals surface area contributed by atoms with Crippen LogP contribution >= 0.6 is 0 Å². The maximum atomic E-state index is 13.5. The molecule has 2 aromatic rings. The van der Waals surface area contributed by atoms with E-state index in [1.54, 1.807) is 6.07 Å². The molecule has 2 aliphatic heterocycles. The molecule has 0 aromatic heterocycles. The van der Waals surface area contributed by atoms with Gasteiger partial charge in [0.1, 0.15) is 5.82 Å². The number of nitrogens with zero attached hydrogens (tertiary/aromatic N) is 3. The van der Waals surface area contributed by atoms with E-state index >= 15 is 0 Å². The van der Waals surface area contributed by atoms with Gasteiger partial charge in [0.15, 0.2) is 0 Å². The number of rotatable bonds is 3. The number of likely N-dealkylation sites (tertiary alicyclic amines) is 1. The van der Waals surface area contributed by atoms with Gasteiger partial charge in [-0.05, 0) is 36.6 Å². The lowest BCUT2D eigenvalue weighted by molar-refractivity contribution is -0.123. The highest BCUT2D eigenvalue weighted by atomic mass is 19.1. The number of imide groups is 1. The average Bonchev–Trinajstić information content (AvgIpc) is 3.02. The number of carbonyl (C=O) groups is 2. The third kappa shape index (κ3) is 3.08. The predicted molar refractivity (Wildman–Crippen MR) is 102 cm³/mol. The first-order chi connectivity index (χ1) is 13.5. The number of carbonyl (C=O) groups excluding carboxylic acids is 2. The van der Waals surface area contributed by atoms with Gasteiger partial charge in [-0.25, -0.2) is 9.29 Å². The fourth-order valence-corrected chi connectivity index (χ4v) is 4.23. The maximum Gasteiger partial charge on any atom is 0.251 e. The minimum absolute atomic E-state index is 0.0836. The normalized spacial score (nSPS) is 22.3. The predicted octanol–water partition coefficient (Wildman–Crippen LogP) is 3.01. The molecule has 2 amide bonds. The van der Waals surface area contributed by atoms with E-state index in [0.717, 1.165) is 10.5 Å². The number of anilines is 1. The number of nitriles is 1. The lowest BCUT2D eigenvalue weighted by Gasteiger charge is -2.39. The minimum Gasteiger partial charge on any atom is -0.291 e. The summed E-state index contributed by atoms with van der Waals surface area (Å²) in [6, 6.07) is 17.2. The van der Waals surface area contributed by atoms with E-state index in [-0.39, 0.29) is 23.9 Å². The molecule has 0 unspecified atom stereocenters. The van der Waals surface area contributed by atoms with Crippen LogP contribution in [-0.4, -0.2) is 35.8 Å². The summed E-state index contributed by atoms with van der Waals surface area (Å²) >= 11 is 0. The Labute approximate surface area is 163 Å². The molecular weight excluding hydrogens is 357 g/mol. The zero-order valence-electron chi connectivity index (χ0n) is 15.3. The second-order valence-electron chi connectivity index (χ2n) is 7.36. The maximum absolute atomic E-state index is 13.5. The van der Waals surface area contributed by atoms with Gasteiger partial charge in [-0.3, -0.25) is 14.5 Å². The molecule has 2 aromatic carbocycles. The van der Waals surface area contributed by atoms with E-state index in [4.69, 9.17) is 0 Å². The summed E-state index contributed by atoms with van der Waals surface area (Å²) in [4.78, 5) is 28.4. The highest BCUT2D eigenvalue weighted by Gasteiger charge is 2.46. The molecule has 0 N–H and O–H groups in total. The Morgan fingerprint density at radius 3 is 2.39 bits per heavy atom. The van der Waals surface area contributed by atoms with Crippen molar-refractivity contribution in [3.05, 3.63) is 66.0 Å². The van der Waals surface area contributed by atoms with Crippen molar-refractivity contribution in [2.24, 2.45) is 0 Å². The van der Waals surface area contributed by atoms with E-state index in [2.05, 4.69) is 6.07 Å². The van der Waals surface area contributed by atoms with Crippen LogP contribution in [0.25, 0.3) is 0 Å². The van der Waals surface area contributed by atoms with E-state index < -0.39 is 17.3 Å². The van der Waals surface area contributed by atoms with Crippen LogP contribution in [0, 0.1) is 17.1 Å². The SMILES string of the molecule is N#CC1(c2ccccc2)CCN([C@@H]2CC(=O)N(c3cccc(F)c3)C2=O)CC1. The molecule has 0 bridgehead atoms. The summed E-state index contributed by atoms with van der Waals surface area (Å²) in [6.45, 7) is 1.12. The molecule has 2 aliphatic rings.